The number of fused-ring (bicyclic) bond motifs is 1. The van der Waals surface area contributed by atoms with Gasteiger partial charge in [-0.15, -0.1) is 11.3 Å². The Bertz CT molecular complexity index is 1410. The van der Waals surface area contributed by atoms with E-state index >= 15 is 0 Å². The molecular formula is C26H26F3N5O3S. The van der Waals surface area contributed by atoms with E-state index in [4.69, 9.17) is 4.98 Å². The highest BCUT2D eigenvalue weighted by Gasteiger charge is 2.41. The summed E-state index contributed by atoms with van der Waals surface area (Å²) in [5, 5.41) is 37.2. The summed E-state index contributed by atoms with van der Waals surface area (Å²) in [6, 6.07) is 12.3. The molecule has 2 heterocycles. The molecule has 0 radical (unpaired) electrons. The molecule has 38 heavy (non-hydrogen) atoms. The van der Waals surface area contributed by atoms with E-state index in [1.165, 1.54) is 29.5 Å². The van der Waals surface area contributed by atoms with Crippen molar-refractivity contribution in [3.8, 4) is 10.6 Å². The second-order valence-electron chi connectivity index (χ2n) is 9.26. The number of thiazole rings is 1. The maximum absolute atomic E-state index is 13.5. The monoisotopic (exact) mass is 545 g/mol. The molecular weight excluding hydrogens is 519 g/mol. The molecule has 0 amide bonds. The molecule has 8 nitrogen and oxygen atoms in total. The van der Waals surface area contributed by atoms with Crippen molar-refractivity contribution in [1.29, 1.82) is 0 Å². The molecule has 4 atom stereocenters. The van der Waals surface area contributed by atoms with Crippen LogP contribution in [0.15, 0.2) is 48.5 Å². The Balaban J connectivity index is 1.51. The van der Waals surface area contributed by atoms with Crippen molar-refractivity contribution in [2.75, 3.05) is 17.2 Å². The summed E-state index contributed by atoms with van der Waals surface area (Å²) in [7, 11) is 0. The summed E-state index contributed by atoms with van der Waals surface area (Å²) < 4.78 is 41.3. The van der Waals surface area contributed by atoms with Gasteiger partial charge in [0.25, 0.3) is 0 Å². The topological polar surface area (TPSA) is 123 Å². The van der Waals surface area contributed by atoms with Crippen LogP contribution in [0.1, 0.15) is 23.2 Å². The fourth-order valence-electron chi connectivity index (χ4n) is 4.74. The van der Waals surface area contributed by atoms with E-state index < -0.39 is 35.9 Å². The van der Waals surface area contributed by atoms with E-state index in [0.29, 0.717) is 28.5 Å². The molecule has 4 aromatic rings. The fraction of sp³-hybridized carbons (Fsp3) is 0.346. The van der Waals surface area contributed by atoms with E-state index in [-0.39, 0.29) is 24.7 Å². The fourth-order valence-corrected chi connectivity index (χ4v) is 5.80. The molecule has 2 aromatic heterocycles. The van der Waals surface area contributed by atoms with Gasteiger partial charge < -0.3 is 26.0 Å². The maximum Gasteiger partial charge on any atom is 0.416 e. The van der Waals surface area contributed by atoms with Gasteiger partial charge in [-0.25, -0.2) is 9.97 Å². The predicted molar refractivity (Wildman–Crippen MR) is 139 cm³/mol. The number of nitrogens with zero attached hydrogens (tertiary/aromatic N) is 3. The van der Waals surface area contributed by atoms with Gasteiger partial charge >= 0.3 is 6.18 Å². The normalized spacial score (nSPS) is 21.7. The molecule has 5 N–H and O–H groups in total. The highest BCUT2D eigenvalue weighted by Crippen LogP contribution is 2.38. The lowest BCUT2D eigenvalue weighted by Crippen LogP contribution is -2.35. The highest BCUT2D eigenvalue weighted by atomic mass is 32.1. The van der Waals surface area contributed by atoms with Crippen LogP contribution in [0.5, 0.6) is 0 Å². The Morgan fingerprint density at radius 3 is 2.45 bits per heavy atom. The van der Waals surface area contributed by atoms with E-state index in [1.807, 2.05) is 24.3 Å². The SMILES string of the molecule is Cc1nc(NCc2ccccc2C(F)(F)F)nc(N[C@@H]2C[C@H](CO)[C@@H](O)[C@H]2O)c1-c1nc2ccccc2s1. The van der Waals surface area contributed by atoms with Crippen LogP contribution in [0.25, 0.3) is 20.8 Å². The highest BCUT2D eigenvalue weighted by molar-refractivity contribution is 7.21. The lowest BCUT2D eigenvalue weighted by atomic mass is 10.1. The maximum atomic E-state index is 13.5. The average Bonchev–Trinajstić information content (AvgIpc) is 3.43. The molecule has 0 spiro atoms. The summed E-state index contributed by atoms with van der Waals surface area (Å²) in [4.78, 5) is 13.8. The zero-order valence-corrected chi connectivity index (χ0v) is 21.1. The third-order valence-electron chi connectivity index (χ3n) is 6.72. The lowest BCUT2D eigenvalue weighted by molar-refractivity contribution is -0.138. The number of rotatable bonds is 7. The van der Waals surface area contributed by atoms with Crippen molar-refractivity contribution >= 4 is 33.3 Å². The number of alkyl halides is 3. The number of aromatic nitrogens is 3. The van der Waals surface area contributed by atoms with Crippen molar-refractivity contribution in [2.24, 2.45) is 5.92 Å². The number of benzene rings is 2. The predicted octanol–water partition coefficient (Wildman–Crippen LogP) is 4.21. The Morgan fingerprint density at radius 1 is 1.00 bits per heavy atom. The third kappa shape index (κ3) is 5.17. The van der Waals surface area contributed by atoms with Gasteiger partial charge in [0.15, 0.2) is 0 Å². The van der Waals surface area contributed by atoms with Gasteiger partial charge in [0.2, 0.25) is 5.95 Å². The summed E-state index contributed by atoms with van der Waals surface area (Å²) in [5.41, 5.74) is 1.21. The van der Waals surface area contributed by atoms with Gasteiger partial charge in [-0.1, -0.05) is 30.3 Å². The van der Waals surface area contributed by atoms with E-state index in [9.17, 15) is 28.5 Å². The van der Waals surface area contributed by atoms with Crippen LogP contribution >= 0.6 is 11.3 Å². The Morgan fingerprint density at radius 2 is 1.74 bits per heavy atom. The molecule has 0 unspecified atom stereocenters. The number of para-hydroxylation sites is 1. The molecule has 12 heteroatoms. The van der Waals surface area contributed by atoms with E-state index in [2.05, 4.69) is 20.6 Å². The van der Waals surface area contributed by atoms with Gasteiger partial charge in [-0.2, -0.15) is 18.2 Å². The van der Waals surface area contributed by atoms with Gasteiger partial charge in [-0.05, 0) is 37.1 Å². The van der Waals surface area contributed by atoms with Crippen LogP contribution in [0.3, 0.4) is 0 Å². The molecule has 0 bridgehead atoms. The Kier molecular flexibility index (Phi) is 7.23. The second-order valence-corrected chi connectivity index (χ2v) is 10.3. The summed E-state index contributed by atoms with van der Waals surface area (Å²) in [6.07, 6.45) is -6.46. The smallest absolute Gasteiger partial charge is 0.396 e. The number of hydrogen-bond donors (Lipinski definition) is 5. The minimum Gasteiger partial charge on any atom is -0.396 e. The summed E-state index contributed by atoms with van der Waals surface area (Å²) >= 11 is 1.44. The molecule has 1 fully saturated rings. The number of aliphatic hydroxyl groups is 3. The molecule has 1 saturated carbocycles. The van der Waals surface area contributed by atoms with Crippen LogP contribution in [0.4, 0.5) is 24.9 Å². The zero-order valence-electron chi connectivity index (χ0n) is 20.3. The summed E-state index contributed by atoms with van der Waals surface area (Å²) in [6.45, 7) is 1.31. The van der Waals surface area contributed by atoms with Crippen molar-refractivity contribution in [3.63, 3.8) is 0 Å². The molecule has 5 rings (SSSR count). The molecule has 2 aromatic carbocycles. The standard InChI is InChI=1S/C26H26F3N5O3S/c1-13-20(24-33-17-8-4-5-9-19(17)38-24)23(32-18-10-15(12-35)21(36)22(18)37)34-25(31-13)30-11-14-6-2-3-7-16(14)26(27,28)29/h2-9,15,18,21-22,35-37H,10-12H2,1H3,(H2,30,31,32,34)/t15-,18-,21-,22+/m1/s1. The first kappa shape index (κ1) is 26.3. The number of halogens is 3. The van der Waals surface area contributed by atoms with Crippen LogP contribution in [-0.2, 0) is 12.7 Å². The molecule has 200 valence electrons. The summed E-state index contributed by atoms with van der Waals surface area (Å²) in [5.74, 6) is -0.0932. The first-order chi connectivity index (χ1) is 18.2. The van der Waals surface area contributed by atoms with Crippen molar-refractivity contribution in [3.05, 3.63) is 65.4 Å². The number of hydrogen-bond acceptors (Lipinski definition) is 9. The number of anilines is 2. The van der Waals surface area contributed by atoms with Crippen molar-refractivity contribution in [2.45, 2.75) is 44.3 Å². The van der Waals surface area contributed by atoms with Crippen LogP contribution in [0.2, 0.25) is 0 Å². The van der Waals surface area contributed by atoms with Gasteiger partial charge in [0, 0.05) is 19.1 Å². The minimum atomic E-state index is -4.50. The molecule has 0 aliphatic heterocycles. The second kappa shape index (κ2) is 10.4. The molecule has 1 aliphatic carbocycles. The zero-order chi connectivity index (χ0) is 27.0. The number of nitrogens with one attached hydrogen (secondary N) is 2. The Hall–Kier alpha value is -3.32. The van der Waals surface area contributed by atoms with Crippen molar-refractivity contribution < 1.29 is 28.5 Å². The lowest BCUT2D eigenvalue weighted by Gasteiger charge is -2.21. The first-order valence-corrected chi connectivity index (χ1v) is 12.8. The van der Waals surface area contributed by atoms with E-state index in [1.54, 1.807) is 6.92 Å². The van der Waals surface area contributed by atoms with Crippen molar-refractivity contribution in [1.82, 2.24) is 15.0 Å². The first-order valence-electron chi connectivity index (χ1n) is 12.0. The number of aliphatic hydroxyl groups excluding tert-OH is 3. The largest absolute Gasteiger partial charge is 0.416 e. The van der Waals surface area contributed by atoms with E-state index in [0.717, 1.165) is 16.3 Å². The van der Waals surface area contributed by atoms with Gasteiger partial charge in [0.05, 0.1) is 39.2 Å². The van der Waals surface area contributed by atoms with Crippen LogP contribution in [0, 0.1) is 12.8 Å². The molecule has 0 saturated heterocycles. The third-order valence-corrected chi connectivity index (χ3v) is 7.77. The Labute approximate surface area is 220 Å². The average molecular weight is 546 g/mol. The quantitative estimate of drug-likeness (QED) is 0.234. The molecule has 1 aliphatic rings. The van der Waals surface area contributed by atoms with Crippen LogP contribution < -0.4 is 10.6 Å². The van der Waals surface area contributed by atoms with Gasteiger partial charge in [0.1, 0.15) is 16.9 Å². The van der Waals surface area contributed by atoms with Gasteiger partial charge in [-0.3, -0.25) is 0 Å². The number of aryl methyl sites for hydroxylation is 1. The van der Waals surface area contributed by atoms with Crippen LogP contribution in [-0.4, -0.2) is 55.1 Å². The minimum absolute atomic E-state index is 0.0473.